The van der Waals surface area contributed by atoms with E-state index in [1.807, 2.05) is 6.07 Å². The topological polar surface area (TPSA) is 61.0 Å². The Kier molecular flexibility index (Phi) is 4.36. The molecular weight excluding hydrogens is 228 g/mol. The van der Waals surface area contributed by atoms with Crippen molar-refractivity contribution in [3.63, 3.8) is 0 Å². The van der Waals surface area contributed by atoms with E-state index < -0.39 is 0 Å². The molecule has 2 N–H and O–H groups in total. The van der Waals surface area contributed by atoms with Crippen LogP contribution >= 0.6 is 0 Å². The fraction of sp³-hybridized carbons (Fsp3) is 0.692. The van der Waals surface area contributed by atoms with E-state index in [0.717, 1.165) is 44.5 Å². The van der Waals surface area contributed by atoms with Gasteiger partial charge in [0.15, 0.2) is 0 Å². The van der Waals surface area contributed by atoms with Crippen molar-refractivity contribution in [1.82, 2.24) is 20.4 Å². The Bertz CT molecular complexity index is 393. The van der Waals surface area contributed by atoms with E-state index in [1.165, 1.54) is 0 Å². The summed E-state index contributed by atoms with van der Waals surface area (Å²) in [4.78, 5) is 14.3. The molecule has 1 aromatic heterocycles. The minimum absolute atomic E-state index is 0.0526. The number of carbonyl (C=O) groups is 1. The number of aryl methyl sites for hydroxylation is 1. The summed E-state index contributed by atoms with van der Waals surface area (Å²) in [5.41, 5.74) is 1.54. The van der Waals surface area contributed by atoms with Gasteiger partial charge in [0, 0.05) is 11.7 Å². The van der Waals surface area contributed by atoms with Crippen molar-refractivity contribution in [3.05, 3.63) is 17.5 Å². The summed E-state index contributed by atoms with van der Waals surface area (Å²) >= 11 is 0. The van der Waals surface area contributed by atoms with Gasteiger partial charge in [0.05, 0.1) is 0 Å². The fourth-order valence-electron chi connectivity index (χ4n) is 2.29. The number of amides is 1. The number of piperidine rings is 1. The number of likely N-dealkylation sites (tertiary alicyclic amines) is 1. The van der Waals surface area contributed by atoms with Crippen LogP contribution in [0.5, 0.6) is 0 Å². The van der Waals surface area contributed by atoms with Crippen LogP contribution in [0.25, 0.3) is 0 Å². The largest absolute Gasteiger partial charge is 0.348 e. The highest BCUT2D eigenvalue weighted by atomic mass is 16.2. The second kappa shape index (κ2) is 6.00. The van der Waals surface area contributed by atoms with E-state index in [4.69, 9.17) is 0 Å². The van der Waals surface area contributed by atoms with Gasteiger partial charge in [-0.2, -0.15) is 5.10 Å². The van der Waals surface area contributed by atoms with Gasteiger partial charge in [-0.1, -0.05) is 13.3 Å². The zero-order valence-corrected chi connectivity index (χ0v) is 11.2. The summed E-state index contributed by atoms with van der Waals surface area (Å²) in [7, 11) is 2.11. The molecule has 2 rings (SSSR count). The lowest BCUT2D eigenvalue weighted by Crippen LogP contribution is -2.43. The number of carbonyl (C=O) groups excluding carboxylic acids is 1. The average Bonchev–Trinajstić information content (AvgIpc) is 2.81. The minimum Gasteiger partial charge on any atom is -0.348 e. The number of nitrogens with zero attached hydrogens (tertiary/aromatic N) is 2. The standard InChI is InChI=1S/C13H22N4O/c1-3-4-11-9-12(16-15-11)13(18)14-10-5-7-17(2)8-6-10/h9-10H,3-8H2,1-2H3,(H,14,18)(H,15,16). The van der Waals surface area contributed by atoms with E-state index in [2.05, 4.69) is 34.4 Å². The predicted molar refractivity (Wildman–Crippen MR) is 70.6 cm³/mol. The summed E-state index contributed by atoms with van der Waals surface area (Å²) in [5.74, 6) is -0.0526. The summed E-state index contributed by atoms with van der Waals surface area (Å²) in [6.45, 7) is 4.21. The quantitative estimate of drug-likeness (QED) is 0.843. The summed E-state index contributed by atoms with van der Waals surface area (Å²) in [6.07, 6.45) is 4.04. The number of hydrogen-bond acceptors (Lipinski definition) is 3. The first-order valence-electron chi connectivity index (χ1n) is 6.72. The van der Waals surface area contributed by atoms with Gasteiger partial charge in [-0.05, 0) is 45.5 Å². The van der Waals surface area contributed by atoms with Gasteiger partial charge in [0.1, 0.15) is 5.69 Å². The normalized spacial score (nSPS) is 17.9. The maximum atomic E-state index is 12.0. The molecule has 1 saturated heterocycles. The second-order valence-corrected chi connectivity index (χ2v) is 5.08. The lowest BCUT2D eigenvalue weighted by atomic mass is 10.1. The van der Waals surface area contributed by atoms with Crippen LogP contribution in [0, 0.1) is 0 Å². The van der Waals surface area contributed by atoms with E-state index in [1.54, 1.807) is 0 Å². The van der Waals surface area contributed by atoms with Gasteiger partial charge in [0.25, 0.3) is 5.91 Å². The molecule has 1 fully saturated rings. The highest BCUT2D eigenvalue weighted by molar-refractivity contribution is 5.92. The second-order valence-electron chi connectivity index (χ2n) is 5.08. The van der Waals surface area contributed by atoms with Crippen molar-refractivity contribution in [1.29, 1.82) is 0 Å². The van der Waals surface area contributed by atoms with Crippen LogP contribution in [0.4, 0.5) is 0 Å². The Morgan fingerprint density at radius 3 is 2.94 bits per heavy atom. The van der Waals surface area contributed by atoms with Gasteiger partial charge in [-0.25, -0.2) is 0 Å². The van der Waals surface area contributed by atoms with Gasteiger partial charge in [-0.3, -0.25) is 9.89 Å². The van der Waals surface area contributed by atoms with Gasteiger partial charge in [-0.15, -0.1) is 0 Å². The highest BCUT2D eigenvalue weighted by Crippen LogP contribution is 2.09. The number of aromatic nitrogens is 2. The Morgan fingerprint density at radius 1 is 1.56 bits per heavy atom. The van der Waals surface area contributed by atoms with E-state index >= 15 is 0 Å². The first-order valence-corrected chi connectivity index (χ1v) is 6.72. The molecule has 0 atom stereocenters. The lowest BCUT2D eigenvalue weighted by molar-refractivity contribution is 0.0912. The molecule has 2 heterocycles. The molecule has 0 aliphatic carbocycles. The Balaban J connectivity index is 1.86. The van der Waals surface area contributed by atoms with Crippen LogP contribution in [-0.2, 0) is 6.42 Å². The van der Waals surface area contributed by atoms with Crippen LogP contribution in [0.15, 0.2) is 6.07 Å². The zero-order valence-electron chi connectivity index (χ0n) is 11.2. The van der Waals surface area contributed by atoms with Crippen molar-refractivity contribution >= 4 is 5.91 Å². The summed E-state index contributed by atoms with van der Waals surface area (Å²) < 4.78 is 0. The van der Waals surface area contributed by atoms with Gasteiger partial charge < -0.3 is 10.2 Å². The van der Waals surface area contributed by atoms with Crippen molar-refractivity contribution in [2.24, 2.45) is 0 Å². The first-order chi connectivity index (χ1) is 8.69. The third kappa shape index (κ3) is 3.32. The maximum absolute atomic E-state index is 12.0. The lowest BCUT2D eigenvalue weighted by Gasteiger charge is -2.29. The zero-order chi connectivity index (χ0) is 13.0. The highest BCUT2D eigenvalue weighted by Gasteiger charge is 2.20. The van der Waals surface area contributed by atoms with Gasteiger partial charge in [0.2, 0.25) is 0 Å². The molecule has 1 aliphatic heterocycles. The van der Waals surface area contributed by atoms with Crippen LogP contribution in [0.3, 0.4) is 0 Å². The molecule has 5 heteroatoms. The minimum atomic E-state index is -0.0526. The number of nitrogens with one attached hydrogen (secondary N) is 2. The first kappa shape index (κ1) is 13.1. The molecule has 100 valence electrons. The molecule has 0 saturated carbocycles. The van der Waals surface area contributed by atoms with Crippen molar-refractivity contribution in [2.45, 2.75) is 38.6 Å². The van der Waals surface area contributed by atoms with Crippen molar-refractivity contribution in [3.8, 4) is 0 Å². The molecule has 0 spiro atoms. The molecular formula is C13H22N4O. The van der Waals surface area contributed by atoms with Crippen molar-refractivity contribution < 1.29 is 4.79 Å². The molecule has 1 amide bonds. The van der Waals surface area contributed by atoms with Crippen LogP contribution in [0.1, 0.15) is 42.4 Å². The van der Waals surface area contributed by atoms with E-state index in [0.29, 0.717) is 11.7 Å². The van der Waals surface area contributed by atoms with Crippen molar-refractivity contribution in [2.75, 3.05) is 20.1 Å². The molecule has 5 nitrogen and oxygen atoms in total. The maximum Gasteiger partial charge on any atom is 0.271 e. The number of rotatable bonds is 4. The molecule has 1 aliphatic rings. The van der Waals surface area contributed by atoms with E-state index in [9.17, 15) is 4.79 Å². The predicted octanol–water partition coefficient (Wildman–Crippen LogP) is 1.19. The summed E-state index contributed by atoms with van der Waals surface area (Å²) in [6, 6.07) is 2.15. The Morgan fingerprint density at radius 2 is 2.28 bits per heavy atom. The third-order valence-electron chi connectivity index (χ3n) is 3.44. The number of hydrogen-bond donors (Lipinski definition) is 2. The molecule has 0 aromatic carbocycles. The van der Waals surface area contributed by atoms with Crippen LogP contribution < -0.4 is 5.32 Å². The Labute approximate surface area is 108 Å². The monoisotopic (exact) mass is 250 g/mol. The molecule has 0 unspecified atom stereocenters. The average molecular weight is 250 g/mol. The molecule has 18 heavy (non-hydrogen) atoms. The number of H-pyrrole nitrogens is 1. The Hall–Kier alpha value is -1.36. The molecule has 0 radical (unpaired) electrons. The molecule has 0 bridgehead atoms. The summed E-state index contributed by atoms with van der Waals surface area (Å²) in [5, 5.41) is 10.0. The van der Waals surface area contributed by atoms with Crippen LogP contribution in [0.2, 0.25) is 0 Å². The van der Waals surface area contributed by atoms with Gasteiger partial charge >= 0.3 is 0 Å². The smallest absolute Gasteiger partial charge is 0.271 e. The van der Waals surface area contributed by atoms with E-state index in [-0.39, 0.29) is 5.91 Å². The van der Waals surface area contributed by atoms with Crippen LogP contribution in [-0.4, -0.2) is 47.2 Å². The molecule has 1 aromatic rings. The SMILES string of the molecule is CCCc1cc(C(=O)NC2CCN(C)CC2)n[nH]1. The third-order valence-corrected chi connectivity index (χ3v) is 3.44. The fourth-order valence-corrected chi connectivity index (χ4v) is 2.29. The number of aromatic amines is 1.